The molecule has 4 rings (SSSR count). The number of hydrazone groups is 1. The predicted octanol–water partition coefficient (Wildman–Crippen LogP) is 2.97. The van der Waals surface area contributed by atoms with Crippen LogP contribution in [0.15, 0.2) is 64.5 Å². The van der Waals surface area contributed by atoms with E-state index in [1.165, 1.54) is 0 Å². The summed E-state index contributed by atoms with van der Waals surface area (Å²) < 4.78 is 13.9. The smallest absolute Gasteiger partial charge is 0.280 e. The summed E-state index contributed by atoms with van der Waals surface area (Å²) in [6.07, 6.45) is 1.54. The molecule has 0 bridgehead atoms. The Hall–Kier alpha value is -4.40. The Morgan fingerprint density at radius 2 is 1.76 bits per heavy atom. The van der Waals surface area contributed by atoms with Crippen LogP contribution >= 0.6 is 0 Å². The van der Waals surface area contributed by atoms with Crippen LogP contribution in [0.3, 0.4) is 0 Å². The largest absolute Gasteiger partial charge is 0.497 e. The third-order valence-electron chi connectivity index (χ3n) is 5.37. The molecule has 0 unspecified atom stereocenters. The molecule has 2 aromatic carbocycles. The number of nitrogens with one attached hydrogen (secondary N) is 1. The maximum Gasteiger partial charge on any atom is 0.280 e. The SMILES string of the molecule is COc1ccc(OCC(=O)NN=Cc2cc(C)n(-n3c(C)nc4ccccc4c3=O)c2C)cc1. The molecular formula is C25H25N5O4. The number of hydrogen-bond acceptors (Lipinski definition) is 6. The molecule has 0 saturated carbocycles. The van der Waals surface area contributed by atoms with Crippen molar-refractivity contribution in [2.45, 2.75) is 20.8 Å². The Labute approximate surface area is 196 Å². The van der Waals surface area contributed by atoms with E-state index in [0.29, 0.717) is 28.2 Å². The third kappa shape index (κ3) is 4.54. The molecule has 0 aliphatic rings. The number of carbonyl (C=O) groups is 1. The molecule has 4 aromatic rings. The van der Waals surface area contributed by atoms with Crippen LogP contribution in [0, 0.1) is 20.8 Å². The molecular weight excluding hydrogens is 434 g/mol. The van der Waals surface area contributed by atoms with E-state index >= 15 is 0 Å². The highest BCUT2D eigenvalue weighted by molar-refractivity contribution is 5.84. The molecule has 0 aliphatic heterocycles. The summed E-state index contributed by atoms with van der Waals surface area (Å²) in [6.45, 7) is 5.39. The number of carbonyl (C=O) groups excluding carboxylic acids is 1. The van der Waals surface area contributed by atoms with E-state index in [4.69, 9.17) is 9.47 Å². The predicted molar refractivity (Wildman–Crippen MR) is 130 cm³/mol. The molecule has 174 valence electrons. The number of ether oxygens (including phenoxy) is 2. The minimum absolute atomic E-state index is 0.155. The number of fused-ring (bicyclic) bond motifs is 1. The number of nitrogens with zero attached hydrogens (tertiary/aromatic N) is 4. The zero-order valence-electron chi connectivity index (χ0n) is 19.4. The summed E-state index contributed by atoms with van der Waals surface area (Å²) in [5, 5.41) is 4.59. The van der Waals surface area contributed by atoms with Crippen LogP contribution in [0.25, 0.3) is 10.9 Å². The first-order valence-corrected chi connectivity index (χ1v) is 10.7. The van der Waals surface area contributed by atoms with Gasteiger partial charge in [-0.05, 0) is 63.2 Å². The minimum Gasteiger partial charge on any atom is -0.497 e. The topological polar surface area (TPSA) is 99.7 Å². The molecule has 2 heterocycles. The Balaban J connectivity index is 1.49. The molecule has 34 heavy (non-hydrogen) atoms. The quantitative estimate of drug-likeness (QED) is 0.338. The Bertz CT molecular complexity index is 1430. The van der Waals surface area contributed by atoms with Crippen LogP contribution in [0.4, 0.5) is 0 Å². The second-order valence-electron chi connectivity index (χ2n) is 7.69. The second kappa shape index (κ2) is 9.62. The number of benzene rings is 2. The molecule has 0 aliphatic carbocycles. The van der Waals surface area contributed by atoms with Crippen molar-refractivity contribution in [2.75, 3.05) is 13.7 Å². The molecule has 9 nitrogen and oxygen atoms in total. The fourth-order valence-corrected chi connectivity index (χ4v) is 3.71. The minimum atomic E-state index is -0.397. The second-order valence-corrected chi connectivity index (χ2v) is 7.69. The zero-order valence-corrected chi connectivity index (χ0v) is 19.4. The molecule has 2 aromatic heterocycles. The van der Waals surface area contributed by atoms with Gasteiger partial charge in [-0.15, -0.1) is 0 Å². The van der Waals surface area contributed by atoms with E-state index in [1.54, 1.807) is 59.9 Å². The summed E-state index contributed by atoms with van der Waals surface area (Å²) >= 11 is 0. The van der Waals surface area contributed by atoms with Crippen LogP contribution in [-0.2, 0) is 4.79 Å². The van der Waals surface area contributed by atoms with Crippen molar-refractivity contribution in [3.8, 4) is 11.5 Å². The fraction of sp³-hybridized carbons (Fsp3) is 0.200. The highest BCUT2D eigenvalue weighted by atomic mass is 16.5. The third-order valence-corrected chi connectivity index (χ3v) is 5.37. The van der Waals surface area contributed by atoms with Gasteiger partial charge in [0.1, 0.15) is 17.3 Å². The van der Waals surface area contributed by atoms with Crippen molar-refractivity contribution in [1.29, 1.82) is 0 Å². The first-order valence-electron chi connectivity index (χ1n) is 10.7. The number of aryl methyl sites for hydroxylation is 2. The van der Waals surface area contributed by atoms with Gasteiger partial charge in [0, 0.05) is 17.0 Å². The maximum absolute atomic E-state index is 13.2. The van der Waals surface area contributed by atoms with Crippen molar-refractivity contribution in [1.82, 2.24) is 19.8 Å². The average Bonchev–Trinajstić information content (AvgIpc) is 3.11. The van der Waals surface area contributed by atoms with Gasteiger partial charge in [0.25, 0.3) is 11.5 Å². The van der Waals surface area contributed by atoms with Crippen LogP contribution in [0.2, 0.25) is 0 Å². The Kier molecular flexibility index (Phi) is 6.44. The average molecular weight is 460 g/mol. The van der Waals surface area contributed by atoms with Crippen molar-refractivity contribution in [3.63, 3.8) is 0 Å². The molecule has 1 N–H and O–H groups in total. The van der Waals surface area contributed by atoms with Gasteiger partial charge in [-0.25, -0.2) is 10.4 Å². The van der Waals surface area contributed by atoms with Crippen LogP contribution in [-0.4, -0.2) is 40.2 Å². The summed E-state index contributed by atoms with van der Waals surface area (Å²) in [5.74, 6) is 1.42. The molecule has 0 saturated heterocycles. The standard InChI is InChI=1S/C25H25N5O4/c1-16-13-19(14-26-28-24(31)15-34-21-11-9-20(33-4)10-12-21)17(2)29(16)30-18(3)27-23-8-6-5-7-22(23)25(30)32/h5-14H,15H2,1-4H3,(H,28,31). The first kappa shape index (κ1) is 22.8. The number of rotatable bonds is 7. The molecule has 0 fully saturated rings. The van der Waals surface area contributed by atoms with E-state index in [0.717, 1.165) is 17.0 Å². The summed E-state index contributed by atoms with van der Waals surface area (Å²) in [4.78, 5) is 29.8. The number of amides is 1. The number of methoxy groups -OCH3 is 1. The van der Waals surface area contributed by atoms with Gasteiger partial charge in [0.15, 0.2) is 6.61 Å². The van der Waals surface area contributed by atoms with Crippen molar-refractivity contribution in [3.05, 3.63) is 87.7 Å². The lowest BCUT2D eigenvalue weighted by Gasteiger charge is -2.16. The Morgan fingerprint density at radius 3 is 2.50 bits per heavy atom. The monoisotopic (exact) mass is 459 g/mol. The van der Waals surface area contributed by atoms with Crippen molar-refractivity contribution in [2.24, 2.45) is 5.10 Å². The van der Waals surface area contributed by atoms with E-state index in [2.05, 4.69) is 15.5 Å². The van der Waals surface area contributed by atoms with E-state index < -0.39 is 5.91 Å². The highest BCUT2D eigenvalue weighted by Crippen LogP contribution is 2.17. The normalized spacial score (nSPS) is 11.2. The van der Waals surface area contributed by atoms with Crippen LogP contribution in [0.5, 0.6) is 11.5 Å². The molecule has 1 amide bonds. The maximum atomic E-state index is 13.2. The fourth-order valence-electron chi connectivity index (χ4n) is 3.71. The van der Waals surface area contributed by atoms with Crippen LogP contribution in [0.1, 0.15) is 22.8 Å². The highest BCUT2D eigenvalue weighted by Gasteiger charge is 2.15. The molecule has 0 spiro atoms. The van der Waals surface area contributed by atoms with Gasteiger partial charge in [-0.3, -0.25) is 14.3 Å². The zero-order chi connectivity index (χ0) is 24.2. The lowest BCUT2D eigenvalue weighted by Crippen LogP contribution is -2.31. The Morgan fingerprint density at radius 1 is 1.06 bits per heavy atom. The lowest BCUT2D eigenvalue weighted by molar-refractivity contribution is -0.123. The summed E-state index contributed by atoms with van der Waals surface area (Å²) in [5.41, 5.74) is 5.33. The first-order chi connectivity index (χ1) is 16.4. The van der Waals surface area contributed by atoms with E-state index in [-0.39, 0.29) is 12.2 Å². The van der Waals surface area contributed by atoms with E-state index in [1.807, 2.05) is 38.1 Å². The number of hydrogen-bond donors (Lipinski definition) is 1. The van der Waals surface area contributed by atoms with Gasteiger partial charge >= 0.3 is 0 Å². The van der Waals surface area contributed by atoms with Gasteiger partial charge in [0.05, 0.1) is 24.2 Å². The summed E-state index contributed by atoms with van der Waals surface area (Å²) in [6, 6.07) is 16.1. The van der Waals surface area contributed by atoms with Crippen molar-refractivity contribution < 1.29 is 14.3 Å². The molecule has 9 heteroatoms. The number of aromatic nitrogens is 3. The molecule has 0 radical (unpaired) electrons. The van der Waals surface area contributed by atoms with Gasteiger partial charge in [-0.2, -0.15) is 9.78 Å². The van der Waals surface area contributed by atoms with Crippen molar-refractivity contribution >= 4 is 23.0 Å². The molecule has 0 atom stereocenters. The lowest BCUT2D eigenvalue weighted by atomic mass is 10.2. The van der Waals surface area contributed by atoms with Crippen LogP contribution < -0.4 is 20.5 Å². The van der Waals surface area contributed by atoms with E-state index in [9.17, 15) is 9.59 Å². The van der Waals surface area contributed by atoms with Gasteiger partial charge < -0.3 is 9.47 Å². The number of para-hydroxylation sites is 1. The van der Waals surface area contributed by atoms with Gasteiger partial charge in [0.2, 0.25) is 0 Å². The summed E-state index contributed by atoms with van der Waals surface area (Å²) in [7, 11) is 1.58. The van der Waals surface area contributed by atoms with Gasteiger partial charge in [-0.1, -0.05) is 12.1 Å².